The summed E-state index contributed by atoms with van der Waals surface area (Å²) in [4.78, 5) is 2.35. The largest absolute Gasteiger partial charge is 0.394 e. The van der Waals surface area contributed by atoms with Gasteiger partial charge < -0.3 is 9.84 Å². The summed E-state index contributed by atoms with van der Waals surface area (Å²) >= 11 is 0. The van der Waals surface area contributed by atoms with Gasteiger partial charge in [0.1, 0.15) is 0 Å². The molecule has 1 N–H and O–H groups in total. The van der Waals surface area contributed by atoms with Crippen LogP contribution in [0, 0.1) is 0 Å². The van der Waals surface area contributed by atoms with Gasteiger partial charge >= 0.3 is 0 Å². The van der Waals surface area contributed by atoms with Gasteiger partial charge in [-0.2, -0.15) is 0 Å². The monoisotopic (exact) mass is 235 g/mol. The zero-order valence-corrected chi connectivity index (χ0v) is 10.6. The number of morpholine rings is 1. The molecule has 1 aromatic carbocycles. The highest BCUT2D eigenvalue weighted by Gasteiger charge is 2.32. The standard InChI is InChI=1S/C14H21NO2/c1-14(2)11-15(9-13(10-16)17-14)8-12-6-4-3-5-7-12/h3-7,13,16H,8-11H2,1-2H3/t13-/m0/s1. The van der Waals surface area contributed by atoms with Crippen LogP contribution < -0.4 is 0 Å². The van der Waals surface area contributed by atoms with Crippen LogP contribution in [-0.2, 0) is 11.3 Å². The number of ether oxygens (including phenoxy) is 1. The Morgan fingerprint density at radius 1 is 1.35 bits per heavy atom. The molecule has 17 heavy (non-hydrogen) atoms. The van der Waals surface area contributed by atoms with Crippen LogP contribution in [0.2, 0.25) is 0 Å². The van der Waals surface area contributed by atoms with Gasteiger partial charge in [0.05, 0.1) is 18.3 Å². The third kappa shape index (κ3) is 3.53. The van der Waals surface area contributed by atoms with Crippen LogP contribution in [0.1, 0.15) is 19.4 Å². The maximum atomic E-state index is 9.26. The predicted molar refractivity (Wildman–Crippen MR) is 67.8 cm³/mol. The van der Waals surface area contributed by atoms with Gasteiger partial charge in [-0.3, -0.25) is 4.90 Å². The molecule has 1 saturated heterocycles. The minimum Gasteiger partial charge on any atom is -0.394 e. The van der Waals surface area contributed by atoms with E-state index in [0.717, 1.165) is 19.6 Å². The molecule has 1 fully saturated rings. The van der Waals surface area contributed by atoms with Gasteiger partial charge in [-0.05, 0) is 19.4 Å². The number of aliphatic hydroxyl groups is 1. The number of nitrogens with zero attached hydrogens (tertiary/aromatic N) is 1. The molecule has 1 aliphatic rings. The van der Waals surface area contributed by atoms with E-state index in [-0.39, 0.29) is 18.3 Å². The van der Waals surface area contributed by atoms with Gasteiger partial charge in [0.2, 0.25) is 0 Å². The van der Waals surface area contributed by atoms with Crippen molar-refractivity contribution in [2.45, 2.75) is 32.1 Å². The number of hydrogen-bond donors (Lipinski definition) is 1. The summed E-state index contributed by atoms with van der Waals surface area (Å²) in [5.41, 5.74) is 1.13. The number of hydrogen-bond acceptors (Lipinski definition) is 3. The lowest BCUT2D eigenvalue weighted by molar-refractivity contribution is -0.150. The van der Waals surface area contributed by atoms with Crippen molar-refractivity contribution in [3.05, 3.63) is 35.9 Å². The molecule has 1 aliphatic heterocycles. The third-order valence-electron chi connectivity index (χ3n) is 3.00. The predicted octanol–water partition coefficient (Wildman–Crippen LogP) is 1.66. The van der Waals surface area contributed by atoms with Crippen LogP contribution >= 0.6 is 0 Å². The highest BCUT2D eigenvalue weighted by atomic mass is 16.5. The van der Waals surface area contributed by atoms with Crippen molar-refractivity contribution in [3.8, 4) is 0 Å². The van der Waals surface area contributed by atoms with Crippen LogP contribution in [-0.4, -0.2) is 41.4 Å². The molecule has 1 heterocycles. The second kappa shape index (κ2) is 5.17. The van der Waals surface area contributed by atoms with E-state index in [1.54, 1.807) is 0 Å². The van der Waals surface area contributed by atoms with Gasteiger partial charge in [0.15, 0.2) is 0 Å². The highest BCUT2D eigenvalue weighted by Crippen LogP contribution is 2.22. The topological polar surface area (TPSA) is 32.7 Å². The quantitative estimate of drug-likeness (QED) is 0.865. The van der Waals surface area contributed by atoms with Gasteiger partial charge in [0, 0.05) is 19.6 Å². The van der Waals surface area contributed by atoms with Crippen LogP contribution in [0.3, 0.4) is 0 Å². The average Bonchev–Trinajstić information content (AvgIpc) is 2.28. The third-order valence-corrected chi connectivity index (χ3v) is 3.00. The maximum Gasteiger partial charge on any atom is 0.0940 e. The lowest BCUT2D eigenvalue weighted by Crippen LogP contribution is -2.53. The summed E-state index contributed by atoms with van der Waals surface area (Å²) in [6.07, 6.45) is -0.0672. The fourth-order valence-electron chi connectivity index (χ4n) is 2.47. The van der Waals surface area contributed by atoms with E-state index in [9.17, 15) is 5.11 Å². The van der Waals surface area contributed by atoms with Crippen LogP contribution in [0.15, 0.2) is 30.3 Å². The molecule has 0 bridgehead atoms. The minimum absolute atomic E-state index is 0.0672. The Morgan fingerprint density at radius 3 is 2.71 bits per heavy atom. The summed E-state index contributed by atoms with van der Waals surface area (Å²) < 4.78 is 5.80. The Hall–Kier alpha value is -0.900. The van der Waals surface area contributed by atoms with Crippen LogP contribution in [0.25, 0.3) is 0 Å². The van der Waals surface area contributed by atoms with Crippen molar-refractivity contribution in [2.24, 2.45) is 0 Å². The van der Waals surface area contributed by atoms with Crippen molar-refractivity contribution >= 4 is 0 Å². The first kappa shape index (κ1) is 12.6. The molecular weight excluding hydrogens is 214 g/mol. The van der Waals surface area contributed by atoms with Crippen molar-refractivity contribution < 1.29 is 9.84 Å². The Balaban J connectivity index is 2.01. The van der Waals surface area contributed by atoms with Crippen molar-refractivity contribution in [1.82, 2.24) is 4.90 Å². The summed E-state index contributed by atoms with van der Waals surface area (Å²) in [5, 5.41) is 9.26. The number of benzene rings is 1. The lowest BCUT2D eigenvalue weighted by Gasteiger charge is -2.42. The molecule has 0 radical (unpaired) electrons. The SMILES string of the molecule is CC1(C)CN(Cc2ccccc2)C[C@@H](CO)O1. The van der Waals surface area contributed by atoms with Crippen molar-refractivity contribution in [2.75, 3.05) is 19.7 Å². The summed E-state index contributed by atoms with van der Waals surface area (Å²) in [7, 11) is 0. The molecule has 0 amide bonds. The molecule has 2 rings (SSSR count). The fourth-order valence-corrected chi connectivity index (χ4v) is 2.47. The molecule has 0 spiro atoms. The molecule has 0 aromatic heterocycles. The first-order valence-electron chi connectivity index (χ1n) is 6.14. The van der Waals surface area contributed by atoms with Gasteiger partial charge in [-0.15, -0.1) is 0 Å². The first-order valence-corrected chi connectivity index (χ1v) is 6.14. The van der Waals surface area contributed by atoms with Gasteiger partial charge in [-0.25, -0.2) is 0 Å². The van der Waals surface area contributed by atoms with E-state index in [0.29, 0.717) is 0 Å². The molecule has 0 unspecified atom stereocenters. The number of aliphatic hydroxyl groups excluding tert-OH is 1. The molecular formula is C14H21NO2. The van der Waals surface area contributed by atoms with E-state index < -0.39 is 0 Å². The molecule has 1 atom stereocenters. The van der Waals surface area contributed by atoms with E-state index in [4.69, 9.17) is 4.74 Å². The number of rotatable bonds is 3. The summed E-state index contributed by atoms with van der Waals surface area (Å²) in [6.45, 7) is 6.87. The normalized spacial score (nSPS) is 24.8. The summed E-state index contributed by atoms with van der Waals surface area (Å²) in [6, 6.07) is 10.4. The van der Waals surface area contributed by atoms with Crippen molar-refractivity contribution in [1.29, 1.82) is 0 Å². The molecule has 0 saturated carbocycles. The van der Waals surface area contributed by atoms with Crippen LogP contribution in [0.4, 0.5) is 0 Å². The van der Waals surface area contributed by atoms with E-state index in [1.807, 2.05) is 6.07 Å². The minimum atomic E-state index is -0.180. The van der Waals surface area contributed by atoms with E-state index in [1.165, 1.54) is 5.56 Å². The second-order valence-electron chi connectivity index (χ2n) is 5.34. The Kier molecular flexibility index (Phi) is 3.82. The zero-order valence-electron chi connectivity index (χ0n) is 10.6. The molecule has 3 nitrogen and oxygen atoms in total. The molecule has 94 valence electrons. The molecule has 0 aliphatic carbocycles. The average molecular weight is 235 g/mol. The Labute approximate surface area is 103 Å². The zero-order chi connectivity index (χ0) is 12.3. The molecule has 3 heteroatoms. The Bertz CT molecular complexity index is 350. The maximum absolute atomic E-state index is 9.26. The van der Waals surface area contributed by atoms with E-state index in [2.05, 4.69) is 43.0 Å². The Morgan fingerprint density at radius 2 is 2.06 bits per heavy atom. The second-order valence-corrected chi connectivity index (χ2v) is 5.34. The van der Waals surface area contributed by atoms with Gasteiger partial charge in [-0.1, -0.05) is 30.3 Å². The smallest absolute Gasteiger partial charge is 0.0940 e. The first-order chi connectivity index (χ1) is 8.09. The van der Waals surface area contributed by atoms with Gasteiger partial charge in [0.25, 0.3) is 0 Å². The van der Waals surface area contributed by atoms with Crippen molar-refractivity contribution in [3.63, 3.8) is 0 Å². The van der Waals surface area contributed by atoms with E-state index >= 15 is 0 Å². The highest BCUT2D eigenvalue weighted by molar-refractivity contribution is 5.14. The van der Waals surface area contributed by atoms with Crippen LogP contribution in [0.5, 0.6) is 0 Å². The molecule has 1 aromatic rings. The summed E-state index contributed by atoms with van der Waals surface area (Å²) in [5.74, 6) is 0. The lowest BCUT2D eigenvalue weighted by atomic mass is 10.0. The fraction of sp³-hybridized carbons (Fsp3) is 0.571.